The number of carbonyl (C=O) groups is 1. The first kappa shape index (κ1) is 31.1. The van der Waals surface area contributed by atoms with Gasteiger partial charge in [0.25, 0.3) is 11.5 Å². The Balaban J connectivity index is 1.46. The number of allylic oxidation sites excluding steroid dienone is 1. The molecule has 1 aromatic heterocycles. The second-order valence-electron chi connectivity index (χ2n) is 10.5. The average molecular weight is 697 g/mol. The highest BCUT2D eigenvalue weighted by molar-refractivity contribution is 9.10. The number of fused-ring (bicyclic) bond motifs is 1. The van der Waals surface area contributed by atoms with Crippen LogP contribution in [0.5, 0.6) is 17.2 Å². The highest BCUT2D eigenvalue weighted by Crippen LogP contribution is 2.34. The van der Waals surface area contributed by atoms with Crippen LogP contribution in [0.4, 0.5) is 5.69 Å². The zero-order chi connectivity index (χ0) is 32.2. The van der Waals surface area contributed by atoms with Crippen LogP contribution in [0.15, 0.2) is 123 Å². The Kier molecular flexibility index (Phi) is 9.18. The standard InChI is InChI=1S/C36H30BrN3O5S/c1-22-31(34(41)39-27-11-5-4-6-12-27)32(24-9-7-13-28(19-24)43-2)40-35(42)30(46-36(40)38-22)20-25-10-8-14-29(44-3)33(25)45-21-23-15-17-26(37)18-16-23/h4-20,32H,21H2,1-3H3,(H,39,41)/b30-20-/t32-/m1/s1. The zero-order valence-corrected chi connectivity index (χ0v) is 27.7. The monoisotopic (exact) mass is 695 g/mol. The quantitative estimate of drug-likeness (QED) is 0.197. The van der Waals surface area contributed by atoms with Gasteiger partial charge in [0, 0.05) is 15.7 Å². The predicted molar refractivity (Wildman–Crippen MR) is 183 cm³/mol. The van der Waals surface area contributed by atoms with Gasteiger partial charge in [0.2, 0.25) is 0 Å². The van der Waals surface area contributed by atoms with Gasteiger partial charge < -0.3 is 19.5 Å². The van der Waals surface area contributed by atoms with Crippen LogP contribution < -0.4 is 34.4 Å². The molecule has 6 rings (SSSR count). The van der Waals surface area contributed by atoms with Crippen molar-refractivity contribution in [3.05, 3.63) is 149 Å². The molecule has 4 aromatic carbocycles. The normalized spacial score (nSPS) is 14.3. The van der Waals surface area contributed by atoms with Crippen LogP contribution in [0.25, 0.3) is 6.08 Å². The van der Waals surface area contributed by atoms with Gasteiger partial charge in [-0.15, -0.1) is 0 Å². The predicted octanol–water partition coefficient (Wildman–Crippen LogP) is 6.23. The number of carbonyl (C=O) groups excluding carboxylic acids is 1. The first-order chi connectivity index (χ1) is 22.4. The molecule has 1 aliphatic heterocycles. The Hall–Kier alpha value is -4.93. The molecular formula is C36H30BrN3O5S. The molecule has 0 spiro atoms. The molecule has 0 unspecified atom stereocenters. The fraction of sp³-hybridized carbons (Fsp3) is 0.139. The van der Waals surface area contributed by atoms with E-state index < -0.39 is 6.04 Å². The van der Waals surface area contributed by atoms with E-state index in [0.29, 0.717) is 55.7 Å². The molecule has 232 valence electrons. The summed E-state index contributed by atoms with van der Waals surface area (Å²) < 4.78 is 20.4. The minimum Gasteiger partial charge on any atom is -0.497 e. The zero-order valence-electron chi connectivity index (χ0n) is 25.3. The van der Waals surface area contributed by atoms with Crippen molar-refractivity contribution in [2.75, 3.05) is 19.5 Å². The molecular weight excluding hydrogens is 666 g/mol. The summed E-state index contributed by atoms with van der Waals surface area (Å²) in [6, 6.07) is 29.3. The number of anilines is 1. The fourth-order valence-electron chi connectivity index (χ4n) is 5.30. The number of amides is 1. The van der Waals surface area contributed by atoms with Gasteiger partial charge in [0.05, 0.1) is 36.1 Å². The van der Waals surface area contributed by atoms with Crippen LogP contribution in [0.1, 0.15) is 29.7 Å². The van der Waals surface area contributed by atoms with E-state index >= 15 is 0 Å². The molecule has 0 saturated carbocycles. The lowest BCUT2D eigenvalue weighted by molar-refractivity contribution is -0.113. The molecule has 0 radical (unpaired) electrons. The van der Waals surface area contributed by atoms with E-state index in [2.05, 4.69) is 21.2 Å². The number of nitrogens with zero attached hydrogens (tertiary/aromatic N) is 2. The largest absolute Gasteiger partial charge is 0.497 e. The van der Waals surface area contributed by atoms with Gasteiger partial charge in [0.15, 0.2) is 16.3 Å². The second-order valence-corrected chi connectivity index (χ2v) is 12.4. The summed E-state index contributed by atoms with van der Waals surface area (Å²) in [7, 11) is 3.16. The van der Waals surface area contributed by atoms with E-state index in [0.717, 1.165) is 15.6 Å². The van der Waals surface area contributed by atoms with E-state index in [1.54, 1.807) is 31.8 Å². The number of ether oxygens (including phenoxy) is 3. The molecule has 1 atom stereocenters. The van der Waals surface area contributed by atoms with Crippen LogP contribution in [0.3, 0.4) is 0 Å². The number of halogens is 1. The van der Waals surface area contributed by atoms with Crippen molar-refractivity contribution >= 4 is 44.9 Å². The van der Waals surface area contributed by atoms with Gasteiger partial charge in [-0.3, -0.25) is 14.2 Å². The minimum absolute atomic E-state index is 0.282. The maximum Gasteiger partial charge on any atom is 0.271 e. The third-order valence-electron chi connectivity index (χ3n) is 7.52. The Bertz CT molecular complexity index is 2120. The SMILES string of the molecule is COc1cccc([C@@H]2C(C(=O)Nc3ccccc3)=C(C)N=c3s/c(=C\c4cccc(OC)c4OCc4ccc(Br)cc4)c(=O)n32)c1. The number of aromatic nitrogens is 1. The maximum absolute atomic E-state index is 14.3. The van der Waals surface area contributed by atoms with Crippen LogP contribution in [-0.2, 0) is 11.4 Å². The molecule has 1 amide bonds. The van der Waals surface area contributed by atoms with Gasteiger partial charge in [-0.05, 0) is 66.6 Å². The van der Waals surface area contributed by atoms with E-state index in [1.807, 2.05) is 97.1 Å². The minimum atomic E-state index is -0.740. The number of nitrogens with one attached hydrogen (secondary N) is 1. The number of para-hydroxylation sites is 2. The first-order valence-electron chi connectivity index (χ1n) is 14.4. The summed E-state index contributed by atoms with van der Waals surface area (Å²) in [4.78, 5) is 33.4. The maximum atomic E-state index is 14.3. The third-order valence-corrected chi connectivity index (χ3v) is 9.03. The third kappa shape index (κ3) is 6.40. The number of hydrogen-bond acceptors (Lipinski definition) is 7. The molecule has 0 saturated heterocycles. The van der Waals surface area contributed by atoms with Crippen LogP contribution in [0.2, 0.25) is 0 Å². The second kappa shape index (κ2) is 13.6. The molecule has 2 heterocycles. The molecule has 10 heteroatoms. The van der Waals surface area contributed by atoms with Gasteiger partial charge in [-0.2, -0.15) is 0 Å². The van der Waals surface area contributed by atoms with Crippen molar-refractivity contribution in [1.82, 2.24) is 4.57 Å². The van der Waals surface area contributed by atoms with Crippen molar-refractivity contribution in [3.8, 4) is 17.2 Å². The van der Waals surface area contributed by atoms with E-state index in [1.165, 1.54) is 11.3 Å². The van der Waals surface area contributed by atoms with Crippen LogP contribution in [-0.4, -0.2) is 24.7 Å². The molecule has 5 aromatic rings. The number of hydrogen-bond donors (Lipinski definition) is 1. The summed E-state index contributed by atoms with van der Waals surface area (Å²) in [6.07, 6.45) is 1.79. The highest BCUT2D eigenvalue weighted by atomic mass is 79.9. The lowest BCUT2D eigenvalue weighted by atomic mass is 9.95. The van der Waals surface area contributed by atoms with Gasteiger partial charge in [0.1, 0.15) is 12.4 Å². The fourth-order valence-corrected chi connectivity index (χ4v) is 6.60. The lowest BCUT2D eigenvalue weighted by Crippen LogP contribution is -2.40. The molecule has 0 aliphatic carbocycles. The lowest BCUT2D eigenvalue weighted by Gasteiger charge is -2.25. The Morgan fingerprint density at radius 1 is 0.978 bits per heavy atom. The van der Waals surface area contributed by atoms with E-state index in [4.69, 9.17) is 19.2 Å². The van der Waals surface area contributed by atoms with E-state index in [-0.39, 0.29) is 11.5 Å². The summed E-state index contributed by atoms with van der Waals surface area (Å²) in [6.45, 7) is 2.10. The highest BCUT2D eigenvalue weighted by Gasteiger charge is 2.33. The molecule has 1 aliphatic rings. The van der Waals surface area contributed by atoms with Gasteiger partial charge >= 0.3 is 0 Å². The summed E-state index contributed by atoms with van der Waals surface area (Å²) >= 11 is 4.72. The number of benzene rings is 4. The number of methoxy groups -OCH3 is 2. The molecule has 8 nitrogen and oxygen atoms in total. The Morgan fingerprint density at radius 2 is 1.74 bits per heavy atom. The van der Waals surface area contributed by atoms with Crippen molar-refractivity contribution < 1.29 is 19.0 Å². The van der Waals surface area contributed by atoms with Gasteiger partial charge in [-0.25, -0.2) is 4.99 Å². The molecule has 1 N–H and O–H groups in total. The van der Waals surface area contributed by atoms with Crippen molar-refractivity contribution in [2.24, 2.45) is 4.99 Å². The van der Waals surface area contributed by atoms with E-state index in [9.17, 15) is 9.59 Å². The summed E-state index contributed by atoms with van der Waals surface area (Å²) in [5, 5.41) is 2.98. The van der Waals surface area contributed by atoms with Crippen molar-refractivity contribution in [2.45, 2.75) is 19.6 Å². The topological polar surface area (TPSA) is 91.2 Å². The Morgan fingerprint density at radius 3 is 2.48 bits per heavy atom. The molecule has 46 heavy (non-hydrogen) atoms. The molecule has 0 bridgehead atoms. The number of rotatable bonds is 9. The van der Waals surface area contributed by atoms with Crippen LogP contribution >= 0.6 is 27.3 Å². The van der Waals surface area contributed by atoms with Crippen LogP contribution in [0, 0.1) is 0 Å². The first-order valence-corrected chi connectivity index (χ1v) is 16.0. The Labute approximate surface area is 278 Å². The molecule has 0 fully saturated rings. The smallest absolute Gasteiger partial charge is 0.271 e. The average Bonchev–Trinajstić information content (AvgIpc) is 3.38. The number of thiazole rings is 1. The summed E-state index contributed by atoms with van der Waals surface area (Å²) in [5.74, 6) is 1.33. The van der Waals surface area contributed by atoms with Gasteiger partial charge in [-0.1, -0.05) is 81.9 Å². The van der Waals surface area contributed by atoms with Crippen molar-refractivity contribution in [3.63, 3.8) is 0 Å². The summed E-state index contributed by atoms with van der Waals surface area (Å²) in [5.41, 5.74) is 3.63. The van der Waals surface area contributed by atoms with Crippen molar-refractivity contribution in [1.29, 1.82) is 0 Å².